The number of ether oxygens (including phenoxy) is 1. The molecule has 2 rings (SSSR count). The number of nitrogens with zero attached hydrogens (tertiary/aromatic N) is 1. The molecule has 0 radical (unpaired) electrons. The maximum Gasteiger partial charge on any atom is 0.0787 e. The van der Waals surface area contributed by atoms with Gasteiger partial charge in [0.05, 0.1) is 11.2 Å². The van der Waals surface area contributed by atoms with E-state index >= 15 is 0 Å². The Morgan fingerprint density at radius 3 is 2.39 bits per heavy atom. The molecule has 0 aliphatic carbocycles. The molecule has 2 saturated heterocycles. The van der Waals surface area contributed by atoms with Crippen LogP contribution in [0.3, 0.4) is 0 Å². The second-order valence-electron chi connectivity index (χ2n) is 7.44. The van der Waals surface area contributed by atoms with Crippen LogP contribution in [-0.4, -0.2) is 47.8 Å². The van der Waals surface area contributed by atoms with Crippen molar-refractivity contribution in [2.24, 2.45) is 0 Å². The zero-order valence-electron chi connectivity index (χ0n) is 12.9. The summed E-state index contributed by atoms with van der Waals surface area (Å²) in [6.45, 7) is 12.4. The molecule has 3 heteroatoms. The van der Waals surface area contributed by atoms with Crippen LogP contribution in [0.5, 0.6) is 0 Å². The number of hydrogen-bond acceptors (Lipinski definition) is 3. The van der Waals surface area contributed by atoms with Gasteiger partial charge in [0.25, 0.3) is 0 Å². The van der Waals surface area contributed by atoms with Crippen molar-refractivity contribution in [3.05, 3.63) is 0 Å². The quantitative estimate of drug-likeness (QED) is 0.819. The summed E-state index contributed by atoms with van der Waals surface area (Å²) >= 11 is 0. The Bertz CT molecular complexity index is 301. The highest BCUT2D eigenvalue weighted by atomic mass is 16.5. The first-order valence-corrected chi connectivity index (χ1v) is 7.36. The molecular weight excluding hydrogens is 224 g/mol. The average molecular weight is 254 g/mol. The van der Waals surface area contributed by atoms with E-state index in [1.54, 1.807) is 0 Å². The summed E-state index contributed by atoms with van der Waals surface area (Å²) < 4.78 is 6.17. The molecule has 2 heterocycles. The minimum Gasteiger partial charge on any atom is -0.368 e. The van der Waals surface area contributed by atoms with Gasteiger partial charge in [-0.15, -0.1) is 0 Å². The van der Waals surface area contributed by atoms with Gasteiger partial charge < -0.3 is 15.0 Å². The molecule has 106 valence electrons. The fourth-order valence-corrected chi connectivity index (χ4v) is 3.55. The van der Waals surface area contributed by atoms with Crippen molar-refractivity contribution in [1.29, 1.82) is 0 Å². The first kappa shape index (κ1) is 14.3. The van der Waals surface area contributed by atoms with Crippen molar-refractivity contribution in [3.63, 3.8) is 0 Å². The Balaban J connectivity index is 1.94. The molecule has 0 aromatic carbocycles. The molecule has 3 unspecified atom stereocenters. The molecule has 1 N–H and O–H groups in total. The van der Waals surface area contributed by atoms with Gasteiger partial charge >= 0.3 is 0 Å². The average Bonchev–Trinajstić information content (AvgIpc) is 2.40. The summed E-state index contributed by atoms with van der Waals surface area (Å²) in [7, 11) is 2.23. The molecule has 0 aromatic rings. The zero-order chi connectivity index (χ0) is 13.6. The van der Waals surface area contributed by atoms with Crippen LogP contribution < -0.4 is 5.32 Å². The summed E-state index contributed by atoms with van der Waals surface area (Å²) in [5, 5.41) is 3.86. The summed E-state index contributed by atoms with van der Waals surface area (Å²) in [6, 6.07) is 1.82. The zero-order valence-corrected chi connectivity index (χ0v) is 12.9. The van der Waals surface area contributed by atoms with Crippen LogP contribution in [0.15, 0.2) is 0 Å². The summed E-state index contributed by atoms with van der Waals surface area (Å²) in [5.74, 6) is 0. The van der Waals surface area contributed by atoms with Crippen LogP contribution in [0.2, 0.25) is 0 Å². The summed E-state index contributed by atoms with van der Waals surface area (Å²) in [5.41, 5.74) is -0.0334. The number of piperidine rings is 1. The van der Waals surface area contributed by atoms with Gasteiger partial charge in [-0.3, -0.25) is 0 Å². The molecule has 0 bridgehead atoms. The Morgan fingerprint density at radius 1 is 1.22 bits per heavy atom. The summed E-state index contributed by atoms with van der Waals surface area (Å²) in [6.07, 6.45) is 3.62. The molecule has 0 amide bonds. The van der Waals surface area contributed by atoms with Crippen molar-refractivity contribution in [3.8, 4) is 0 Å². The molecule has 2 aliphatic heterocycles. The van der Waals surface area contributed by atoms with Crippen LogP contribution in [0.1, 0.15) is 53.9 Å². The van der Waals surface area contributed by atoms with E-state index in [4.69, 9.17) is 4.74 Å². The fraction of sp³-hybridized carbons (Fsp3) is 1.00. The van der Waals surface area contributed by atoms with Crippen molar-refractivity contribution in [2.75, 3.05) is 13.6 Å². The molecule has 2 fully saturated rings. The van der Waals surface area contributed by atoms with E-state index in [0.717, 1.165) is 6.42 Å². The highest BCUT2D eigenvalue weighted by Crippen LogP contribution is 2.37. The van der Waals surface area contributed by atoms with Crippen molar-refractivity contribution in [1.82, 2.24) is 10.2 Å². The number of rotatable bonds is 2. The molecule has 0 spiro atoms. The van der Waals surface area contributed by atoms with Crippen molar-refractivity contribution >= 4 is 0 Å². The smallest absolute Gasteiger partial charge is 0.0787 e. The predicted molar refractivity (Wildman–Crippen MR) is 75.9 cm³/mol. The monoisotopic (exact) mass is 254 g/mol. The largest absolute Gasteiger partial charge is 0.368 e. The van der Waals surface area contributed by atoms with E-state index in [1.807, 2.05) is 0 Å². The first-order chi connectivity index (χ1) is 8.20. The third-order valence-electron chi connectivity index (χ3n) is 4.72. The topological polar surface area (TPSA) is 24.5 Å². The van der Waals surface area contributed by atoms with Crippen molar-refractivity contribution in [2.45, 2.75) is 83.2 Å². The lowest BCUT2D eigenvalue weighted by molar-refractivity contribution is -0.0709. The lowest BCUT2D eigenvalue weighted by atomic mass is 9.91. The SMILES string of the molecule is CC1CC(NC2CC(C)(C)OC2(C)C)CCN1C. The minimum absolute atomic E-state index is 0.0121. The van der Waals surface area contributed by atoms with Gasteiger partial charge in [-0.2, -0.15) is 0 Å². The Hall–Kier alpha value is -0.120. The first-order valence-electron chi connectivity index (χ1n) is 7.36. The normalized spacial score (nSPS) is 40.0. The number of likely N-dealkylation sites (tertiary alicyclic amines) is 1. The highest BCUT2D eigenvalue weighted by molar-refractivity contribution is 5.00. The van der Waals surface area contributed by atoms with Crippen molar-refractivity contribution < 1.29 is 4.74 Å². The Labute approximate surface area is 112 Å². The number of hydrogen-bond donors (Lipinski definition) is 1. The third-order valence-corrected chi connectivity index (χ3v) is 4.72. The van der Waals surface area contributed by atoms with Gasteiger partial charge in [0.2, 0.25) is 0 Å². The third kappa shape index (κ3) is 3.06. The van der Waals surface area contributed by atoms with Gasteiger partial charge in [0, 0.05) is 18.1 Å². The van der Waals surface area contributed by atoms with Crippen LogP contribution in [-0.2, 0) is 4.74 Å². The van der Waals surface area contributed by atoms with Gasteiger partial charge in [0.15, 0.2) is 0 Å². The van der Waals surface area contributed by atoms with Crippen LogP contribution >= 0.6 is 0 Å². The van der Waals surface area contributed by atoms with Crippen LogP contribution in [0, 0.1) is 0 Å². The van der Waals surface area contributed by atoms with Crippen LogP contribution in [0.4, 0.5) is 0 Å². The number of nitrogens with one attached hydrogen (secondary N) is 1. The van der Waals surface area contributed by atoms with E-state index in [0.29, 0.717) is 18.1 Å². The molecular formula is C15H30N2O. The molecule has 18 heavy (non-hydrogen) atoms. The predicted octanol–water partition coefficient (Wildman–Crippen LogP) is 2.40. The van der Waals surface area contributed by atoms with E-state index < -0.39 is 0 Å². The van der Waals surface area contributed by atoms with Crippen LogP contribution in [0.25, 0.3) is 0 Å². The lowest BCUT2D eigenvalue weighted by Crippen LogP contribution is -2.52. The highest BCUT2D eigenvalue weighted by Gasteiger charge is 2.46. The maximum atomic E-state index is 6.17. The van der Waals surface area contributed by atoms with E-state index in [9.17, 15) is 0 Å². The Morgan fingerprint density at radius 2 is 1.89 bits per heavy atom. The van der Waals surface area contributed by atoms with Gasteiger partial charge in [-0.1, -0.05) is 0 Å². The second-order valence-corrected chi connectivity index (χ2v) is 7.44. The van der Waals surface area contributed by atoms with E-state index in [2.05, 4.69) is 51.9 Å². The maximum absolute atomic E-state index is 6.17. The standard InChI is InChI=1S/C15H30N2O/c1-11-9-12(7-8-17(11)6)16-13-10-14(2,3)18-15(13,4)5/h11-13,16H,7-10H2,1-6H3. The Kier molecular flexibility index (Phi) is 3.79. The van der Waals surface area contributed by atoms with Gasteiger partial charge in [-0.05, 0) is 67.5 Å². The second kappa shape index (κ2) is 4.77. The molecule has 0 aromatic heterocycles. The van der Waals surface area contributed by atoms with E-state index in [-0.39, 0.29) is 11.2 Å². The molecule has 3 atom stereocenters. The minimum atomic E-state index is -0.0455. The fourth-order valence-electron chi connectivity index (χ4n) is 3.55. The lowest BCUT2D eigenvalue weighted by Gasteiger charge is -2.38. The van der Waals surface area contributed by atoms with Gasteiger partial charge in [-0.25, -0.2) is 0 Å². The molecule has 0 saturated carbocycles. The van der Waals surface area contributed by atoms with E-state index in [1.165, 1.54) is 19.4 Å². The molecule has 2 aliphatic rings. The van der Waals surface area contributed by atoms with Gasteiger partial charge in [0.1, 0.15) is 0 Å². The summed E-state index contributed by atoms with van der Waals surface area (Å²) in [4.78, 5) is 2.46. The molecule has 3 nitrogen and oxygen atoms in total.